The van der Waals surface area contributed by atoms with Gasteiger partial charge >= 0.3 is 0 Å². The number of aromatic nitrogens is 1. The van der Waals surface area contributed by atoms with Gasteiger partial charge in [0.25, 0.3) is 0 Å². The Kier molecular flexibility index (Phi) is 3.43. The number of rotatable bonds is 2. The van der Waals surface area contributed by atoms with Crippen LogP contribution in [0.4, 0.5) is 5.82 Å². The highest BCUT2D eigenvalue weighted by molar-refractivity contribution is 6.39. The molecule has 0 aliphatic rings. The predicted octanol–water partition coefficient (Wildman–Crippen LogP) is 5.11. The number of nitrogens with zero attached hydrogens (tertiary/aromatic N) is 1. The van der Waals surface area contributed by atoms with Gasteiger partial charge in [-0.15, -0.1) is 0 Å². The zero-order chi connectivity index (χ0) is 15.1. The average molecular weight is 323 g/mol. The van der Waals surface area contributed by atoms with E-state index in [4.69, 9.17) is 37.9 Å². The van der Waals surface area contributed by atoms with Crippen LogP contribution >= 0.6 is 23.2 Å². The van der Waals surface area contributed by atoms with Gasteiger partial charge in [-0.1, -0.05) is 34.4 Å². The monoisotopic (exact) mass is 322 g/mol. The van der Waals surface area contributed by atoms with Crippen molar-refractivity contribution in [3.05, 3.63) is 45.8 Å². The molecule has 2 heterocycles. The van der Waals surface area contributed by atoms with Crippen LogP contribution in [0.25, 0.3) is 22.5 Å². The molecule has 4 nitrogen and oxygen atoms in total. The summed E-state index contributed by atoms with van der Waals surface area (Å²) in [7, 11) is 0. The van der Waals surface area contributed by atoms with Crippen LogP contribution in [0.5, 0.6) is 0 Å². The van der Waals surface area contributed by atoms with Crippen LogP contribution < -0.4 is 5.73 Å². The van der Waals surface area contributed by atoms with E-state index in [1.807, 2.05) is 19.9 Å². The van der Waals surface area contributed by atoms with E-state index in [0.717, 1.165) is 11.3 Å². The van der Waals surface area contributed by atoms with Crippen LogP contribution in [0.3, 0.4) is 0 Å². The second kappa shape index (κ2) is 5.13. The van der Waals surface area contributed by atoms with Crippen LogP contribution in [-0.4, -0.2) is 5.16 Å². The summed E-state index contributed by atoms with van der Waals surface area (Å²) in [6.07, 6.45) is 0. The molecule has 0 amide bonds. The van der Waals surface area contributed by atoms with Crippen LogP contribution in [0.15, 0.2) is 33.2 Å². The zero-order valence-corrected chi connectivity index (χ0v) is 12.9. The lowest BCUT2D eigenvalue weighted by molar-refractivity contribution is 0.434. The normalized spacial score (nSPS) is 11.0. The third-order valence-corrected chi connectivity index (χ3v) is 3.85. The Morgan fingerprint density at radius 2 is 1.76 bits per heavy atom. The molecule has 108 valence electrons. The Bertz CT molecular complexity index is 801. The first-order valence-electron chi connectivity index (χ1n) is 6.26. The van der Waals surface area contributed by atoms with Gasteiger partial charge in [-0.2, -0.15) is 0 Å². The Morgan fingerprint density at radius 1 is 1.10 bits per heavy atom. The number of aryl methyl sites for hydroxylation is 2. The fraction of sp³-hybridized carbons (Fsp3) is 0.133. The summed E-state index contributed by atoms with van der Waals surface area (Å²) in [5.74, 6) is 2.22. The topological polar surface area (TPSA) is 65.2 Å². The second-order valence-electron chi connectivity index (χ2n) is 4.70. The average Bonchev–Trinajstić information content (AvgIpc) is 2.93. The van der Waals surface area contributed by atoms with Crippen molar-refractivity contribution in [2.45, 2.75) is 13.8 Å². The first-order chi connectivity index (χ1) is 9.99. The number of halogens is 2. The summed E-state index contributed by atoms with van der Waals surface area (Å²) in [5.41, 5.74) is 7.92. The first kappa shape index (κ1) is 14.0. The molecule has 0 unspecified atom stereocenters. The maximum Gasteiger partial charge on any atom is 0.180 e. The summed E-state index contributed by atoms with van der Waals surface area (Å²) in [6.45, 7) is 3.71. The number of nitrogens with two attached hydrogens (primary N) is 1. The van der Waals surface area contributed by atoms with Gasteiger partial charge in [-0.05, 0) is 32.0 Å². The Morgan fingerprint density at radius 3 is 2.33 bits per heavy atom. The number of anilines is 1. The van der Waals surface area contributed by atoms with E-state index in [2.05, 4.69) is 5.16 Å². The van der Waals surface area contributed by atoms with E-state index in [1.54, 1.807) is 18.2 Å². The summed E-state index contributed by atoms with van der Waals surface area (Å²) >= 11 is 12.5. The number of benzene rings is 1. The molecule has 0 aliphatic carbocycles. The lowest BCUT2D eigenvalue weighted by atomic mass is 10.0. The standard InChI is InChI=1S/C15H12Cl2N2O2/c1-7-6-9(8(2)20-7)14-13(15(18)19-21-14)12-10(16)4-3-5-11(12)17/h3-6H,1-2H3,(H2,18,19). The summed E-state index contributed by atoms with van der Waals surface area (Å²) in [5, 5.41) is 4.81. The minimum atomic E-state index is 0.234. The van der Waals surface area contributed by atoms with Crippen LogP contribution in [0.1, 0.15) is 11.5 Å². The van der Waals surface area contributed by atoms with Crippen molar-refractivity contribution >= 4 is 29.0 Å². The zero-order valence-electron chi connectivity index (χ0n) is 11.4. The number of furan rings is 1. The van der Waals surface area contributed by atoms with E-state index < -0.39 is 0 Å². The maximum atomic E-state index is 6.26. The fourth-order valence-electron chi connectivity index (χ4n) is 2.32. The Labute approximate surface area is 131 Å². The van der Waals surface area contributed by atoms with Crippen molar-refractivity contribution in [2.75, 3.05) is 5.73 Å². The molecule has 1 aromatic carbocycles. The number of hydrogen-bond donors (Lipinski definition) is 1. The Balaban J connectivity index is 2.30. The van der Waals surface area contributed by atoms with Gasteiger partial charge in [0.1, 0.15) is 11.5 Å². The highest BCUT2D eigenvalue weighted by atomic mass is 35.5. The van der Waals surface area contributed by atoms with Crippen LogP contribution in [-0.2, 0) is 0 Å². The summed E-state index contributed by atoms with van der Waals surface area (Å²) in [6, 6.07) is 7.12. The van der Waals surface area contributed by atoms with E-state index >= 15 is 0 Å². The van der Waals surface area contributed by atoms with Crippen molar-refractivity contribution in [2.24, 2.45) is 0 Å². The third-order valence-electron chi connectivity index (χ3n) is 3.22. The van der Waals surface area contributed by atoms with Gasteiger partial charge < -0.3 is 14.7 Å². The molecule has 0 fully saturated rings. The van der Waals surface area contributed by atoms with Gasteiger partial charge in [0, 0.05) is 5.56 Å². The highest BCUT2D eigenvalue weighted by Crippen LogP contribution is 2.44. The molecule has 0 saturated heterocycles. The molecule has 3 rings (SSSR count). The fourth-order valence-corrected chi connectivity index (χ4v) is 2.91. The van der Waals surface area contributed by atoms with Crippen molar-refractivity contribution < 1.29 is 8.94 Å². The molecule has 0 bridgehead atoms. The number of hydrogen-bond acceptors (Lipinski definition) is 4. The largest absolute Gasteiger partial charge is 0.466 e. The predicted molar refractivity (Wildman–Crippen MR) is 83.5 cm³/mol. The smallest absolute Gasteiger partial charge is 0.180 e. The first-order valence-corrected chi connectivity index (χ1v) is 7.01. The molecule has 0 atom stereocenters. The van der Waals surface area contributed by atoms with Gasteiger partial charge in [-0.25, -0.2) is 0 Å². The molecule has 21 heavy (non-hydrogen) atoms. The molecule has 0 aliphatic heterocycles. The molecular weight excluding hydrogens is 311 g/mol. The van der Waals surface area contributed by atoms with E-state index in [0.29, 0.717) is 32.7 Å². The van der Waals surface area contributed by atoms with E-state index in [-0.39, 0.29) is 5.82 Å². The Hall–Kier alpha value is -1.91. The maximum absolute atomic E-state index is 6.26. The lowest BCUT2D eigenvalue weighted by Crippen LogP contribution is -1.90. The van der Waals surface area contributed by atoms with Crippen molar-refractivity contribution in [3.63, 3.8) is 0 Å². The highest BCUT2D eigenvalue weighted by Gasteiger charge is 2.24. The van der Waals surface area contributed by atoms with Crippen molar-refractivity contribution in [3.8, 4) is 22.5 Å². The summed E-state index contributed by atoms with van der Waals surface area (Å²) in [4.78, 5) is 0. The molecule has 2 N–H and O–H groups in total. The van der Waals surface area contributed by atoms with Gasteiger partial charge in [0.15, 0.2) is 11.6 Å². The minimum absolute atomic E-state index is 0.234. The van der Waals surface area contributed by atoms with E-state index in [1.165, 1.54) is 0 Å². The van der Waals surface area contributed by atoms with Gasteiger partial charge in [0.2, 0.25) is 0 Å². The molecule has 0 spiro atoms. The minimum Gasteiger partial charge on any atom is -0.466 e. The third kappa shape index (κ3) is 2.30. The van der Waals surface area contributed by atoms with Crippen molar-refractivity contribution in [1.82, 2.24) is 5.16 Å². The molecule has 0 saturated carbocycles. The molecule has 2 aromatic heterocycles. The SMILES string of the molecule is Cc1cc(-c2onc(N)c2-c2c(Cl)cccc2Cl)c(C)o1. The van der Waals surface area contributed by atoms with Crippen LogP contribution in [0, 0.1) is 13.8 Å². The van der Waals surface area contributed by atoms with Crippen molar-refractivity contribution in [1.29, 1.82) is 0 Å². The molecule has 3 aromatic rings. The quantitative estimate of drug-likeness (QED) is 0.712. The lowest BCUT2D eigenvalue weighted by Gasteiger charge is -2.06. The second-order valence-corrected chi connectivity index (χ2v) is 5.51. The van der Waals surface area contributed by atoms with Crippen LogP contribution in [0.2, 0.25) is 10.0 Å². The molecule has 6 heteroatoms. The molecular formula is C15H12Cl2N2O2. The van der Waals surface area contributed by atoms with E-state index in [9.17, 15) is 0 Å². The number of nitrogen functional groups attached to an aromatic ring is 1. The van der Waals surface area contributed by atoms with Gasteiger partial charge in [-0.3, -0.25) is 0 Å². The molecule has 0 radical (unpaired) electrons. The summed E-state index contributed by atoms with van der Waals surface area (Å²) < 4.78 is 10.9. The van der Waals surface area contributed by atoms with Gasteiger partial charge in [0.05, 0.1) is 21.2 Å².